The molecule has 1 heterocycles. The van der Waals surface area contributed by atoms with E-state index in [1.165, 1.54) is 50.1 Å². The normalized spacial score (nSPS) is 41.0. The topological polar surface area (TPSA) is 54.9 Å². The summed E-state index contributed by atoms with van der Waals surface area (Å²) in [4.78, 5) is 12.9. The Bertz CT molecular complexity index is 435. The average Bonchev–Trinajstić information content (AvgIpc) is 2.79. The standard InChI is InChI=1S/C13H17N3OS/c17-12(11-7-14-16-18-11)15-13-4-8-1-9(5-13)3-10(2-8)6-13/h7-10H,1-6H2,(H,15,17). The minimum atomic E-state index is 0.0342. The highest BCUT2D eigenvalue weighted by Crippen LogP contribution is 2.55. The zero-order valence-electron chi connectivity index (χ0n) is 10.3. The summed E-state index contributed by atoms with van der Waals surface area (Å²) in [6, 6.07) is 0. The number of hydrogen-bond donors (Lipinski definition) is 1. The van der Waals surface area contributed by atoms with Crippen molar-refractivity contribution in [3.63, 3.8) is 0 Å². The molecule has 1 amide bonds. The van der Waals surface area contributed by atoms with E-state index in [1.807, 2.05) is 0 Å². The van der Waals surface area contributed by atoms with Crippen LogP contribution in [-0.4, -0.2) is 21.0 Å². The second kappa shape index (κ2) is 3.76. The molecule has 0 unspecified atom stereocenters. The Morgan fingerprint density at radius 2 is 1.83 bits per heavy atom. The molecule has 0 aromatic carbocycles. The van der Waals surface area contributed by atoms with Crippen LogP contribution in [0.3, 0.4) is 0 Å². The van der Waals surface area contributed by atoms with Crippen LogP contribution in [0.4, 0.5) is 0 Å². The Balaban J connectivity index is 1.56. The largest absolute Gasteiger partial charge is 0.346 e. The molecule has 18 heavy (non-hydrogen) atoms. The third kappa shape index (κ3) is 1.67. The minimum Gasteiger partial charge on any atom is -0.346 e. The fourth-order valence-corrected chi connectivity index (χ4v) is 5.24. The first-order valence-corrected chi connectivity index (χ1v) is 7.60. The van der Waals surface area contributed by atoms with Gasteiger partial charge in [-0.1, -0.05) is 4.49 Å². The van der Waals surface area contributed by atoms with Gasteiger partial charge in [0.2, 0.25) is 0 Å². The Labute approximate surface area is 110 Å². The molecule has 0 saturated heterocycles. The van der Waals surface area contributed by atoms with Gasteiger partial charge in [0.15, 0.2) is 0 Å². The van der Waals surface area contributed by atoms with Gasteiger partial charge in [0.1, 0.15) is 4.88 Å². The molecule has 4 saturated carbocycles. The quantitative estimate of drug-likeness (QED) is 0.890. The lowest BCUT2D eigenvalue weighted by atomic mass is 9.53. The molecule has 5 rings (SSSR count). The van der Waals surface area contributed by atoms with Crippen molar-refractivity contribution >= 4 is 17.4 Å². The molecule has 0 spiro atoms. The van der Waals surface area contributed by atoms with E-state index in [1.54, 1.807) is 6.20 Å². The van der Waals surface area contributed by atoms with E-state index in [0.29, 0.717) is 4.88 Å². The monoisotopic (exact) mass is 263 g/mol. The summed E-state index contributed by atoms with van der Waals surface area (Å²) < 4.78 is 3.77. The van der Waals surface area contributed by atoms with Crippen LogP contribution in [0.25, 0.3) is 0 Å². The number of amides is 1. The van der Waals surface area contributed by atoms with Gasteiger partial charge in [-0.2, -0.15) is 0 Å². The lowest BCUT2D eigenvalue weighted by molar-refractivity contribution is -0.0166. The maximum Gasteiger partial charge on any atom is 0.265 e. The molecule has 4 aliphatic carbocycles. The fourth-order valence-electron chi connectivity index (χ4n) is 4.83. The molecule has 1 aromatic heterocycles. The smallest absolute Gasteiger partial charge is 0.265 e. The van der Waals surface area contributed by atoms with Gasteiger partial charge in [0, 0.05) is 5.54 Å². The first-order valence-electron chi connectivity index (χ1n) is 6.82. The van der Waals surface area contributed by atoms with Crippen molar-refractivity contribution in [2.45, 2.75) is 44.1 Å². The summed E-state index contributed by atoms with van der Waals surface area (Å²) in [5, 5.41) is 7.06. The second-order valence-corrected chi connectivity index (χ2v) is 7.22. The van der Waals surface area contributed by atoms with Gasteiger partial charge in [-0.05, 0) is 67.8 Å². The summed E-state index contributed by atoms with van der Waals surface area (Å²) in [5.41, 5.74) is 0.0931. The molecule has 4 fully saturated rings. The third-order valence-corrected chi connectivity index (χ3v) is 5.67. The van der Waals surface area contributed by atoms with E-state index >= 15 is 0 Å². The molecule has 96 valence electrons. The summed E-state index contributed by atoms with van der Waals surface area (Å²) >= 11 is 1.19. The molecule has 5 heteroatoms. The lowest BCUT2D eigenvalue weighted by Gasteiger charge is -2.56. The molecule has 4 bridgehead atoms. The van der Waals surface area contributed by atoms with Gasteiger partial charge in [-0.3, -0.25) is 4.79 Å². The summed E-state index contributed by atoms with van der Waals surface area (Å²) in [7, 11) is 0. The predicted molar refractivity (Wildman–Crippen MR) is 68.3 cm³/mol. The van der Waals surface area contributed by atoms with Crippen LogP contribution in [0.2, 0.25) is 0 Å². The number of carbonyl (C=O) groups is 1. The molecule has 4 aliphatic rings. The van der Waals surface area contributed by atoms with Gasteiger partial charge in [-0.25, -0.2) is 0 Å². The number of nitrogens with zero attached hydrogens (tertiary/aromatic N) is 2. The van der Waals surface area contributed by atoms with Crippen LogP contribution in [-0.2, 0) is 0 Å². The number of aromatic nitrogens is 2. The van der Waals surface area contributed by atoms with Crippen LogP contribution in [0.1, 0.15) is 48.2 Å². The maximum atomic E-state index is 12.2. The Morgan fingerprint density at radius 1 is 1.22 bits per heavy atom. The fraction of sp³-hybridized carbons (Fsp3) is 0.769. The highest BCUT2D eigenvalue weighted by atomic mass is 32.1. The number of hydrogen-bond acceptors (Lipinski definition) is 4. The van der Waals surface area contributed by atoms with Gasteiger partial charge in [-0.15, -0.1) is 5.10 Å². The Morgan fingerprint density at radius 3 is 2.33 bits per heavy atom. The number of nitrogens with one attached hydrogen (secondary N) is 1. The molecule has 4 nitrogen and oxygen atoms in total. The SMILES string of the molecule is O=C(NC12CC3CC(CC(C3)C1)C2)c1cnns1. The zero-order valence-corrected chi connectivity index (χ0v) is 11.1. The van der Waals surface area contributed by atoms with Crippen molar-refractivity contribution in [1.29, 1.82) is 0 Å². The van der Waals surface area contributed by atoms with Crippen LogP contribution >= 0.6 is 11.5 Å². The Hall–Kier alpha value is -0.970. The highest BCUT2D eigenvalue weighted by Gasteiger charge is 2.51. The minimum absolute atomic E-state index is 0.0342. The zero-order chi connectivity index (χ0) is 12.2. The van der Waals surface area contributed by atoms with E-state index in [2.05, 4.69) is 14.9 Å². The second-order valence-electron chi connectivity index (χ2n) is 6.43. The predicted octanol–water partition coefficient (Wildman–Crippen LogP) is 2.24. The summed E-state index contributed by atoms with van der Waals surface area (Å²) in [5.74, 6) is 2.61. The lowest BCUT2D eigenvalue weighted by Crippen LogP contribution is -2.59. The molecule has 0 radical (unpaired) electrons. The molecule has 0 atom stereocenters. The molecule has 1 N–H and O–H groups in total. The van der Waals surface area contributed by atoms with E-state index in [4.69, 9.17) is 0 Å². The van der Waals surface area contributed by atoms with Crippen molar-refractivity contribution in [3.05, 3.63) is 11.1 Å². The van der Waals surface area contributed by atoms with E-state index in [9.17, 15) is 4.79 Å². The van der Waals surface area contributed by atoms with Gasteiger partial charge in [0.05, 0.1) is 6.20 Å². The van der Waals surface area contributed by atoms with Gasteiger partial charge >= 0.3 is 0 Å². The molecular formula is C13H17N3OS. The van der Waals surface area contributed by atoms with Crippen molar-refractivity contribution in [3.8, 4) is 0 Å². The van der Waals surface area contributed by atoms with E-state index in [0.717, 1.165) is 17.8 Å². The van der Waals surface area contributed by atoms with Crippen molar-refractivity contribution < 1.29 is 4.79 Å². The molecule has 1 aromatic rings. The van der Waals surface area contributed by atoms with Crippen molar-refractivity contribution in [1.82, 2.24) is 14.9 Å². The molecular weight excluding hydrogens is 246 g/mol. The summed E-state index contributed by atoms with van der Waals surface area (Å²) in [6.07, 6.45) is 9.34. The number of carbonyl (C=O) groups excluding carboxylic acids is 1. The molecule has 0 aliphatic heterocycles. The van der Waals surface area contributed by atoms with Crippen molar-refractivity contribution in [2.24, 2.45) is 17.8 Å². The Kier molecular flexibility index (Phi) is 2.28. The van der Waals surface area contributed by atoms with E-state index in [-0.39, 0.29) is 11.4 Å². The first kappa shape index (κ1) is 10.9. The van der Waals surface area contributed by atoms with Crippen LogP contribution in [0, 0.1) is 17.8 Å². The van der Waals surface area contributed by atoms with E-state index < -0.39 is 0 Å². The first-order chi connectivity index (χ1) is 8.72. The average molecular weight is 263 g/mol. The van der Waals surface area contributed by atoms with Crippen LogP contribution in [0.5, 0.6) is 0 Å². The maximum absolute atomic E-state index is 12.2. The highest BCUT2D eigenvalue weighted by molar-refractivity contribution is 7.07. The van der Waals surface area contributed by atoms with Gasteiger partial charge in [0.25, 0.3) is 5.91 Å². The van der Waals surface area contributed by atoms with Crippen LogP contribution in [0.15, 0.2) is 6.20 Å². The number of rotatable bonds is 2. The van der Waals surface area contributed by atoms with Crippen LogP contribution < -0.4 is 5.32 Å². The van der Waals surface area contributed by atoms with Crippen molar-refractivity contribution in [2.75, 3.05) is 0 Å². The van der Waals surface area contributed by atoms with Gasteiger partial charge < -0.3 is 5.32 Å². The summed E-state index contributed by atoms with van der Waals surface area (Å²) in [6.45, 7) is 0. The third-order valence-electron chi connectivity index (χ3n) is 5.00.